The van der Waals surface area contributed by atoms with E-state index in [-0.39, 0.29) is 31.3 Å². The first-order valence-corrected chi connectivity index (χ1v) is 19.4. The molecule has 0 bridgehead atoms. The number of anilines is 2. The molecule has 0 N–H and O–H groups in total. The Hall–Kier alpha value is -2.76. The molecule has 4 aromatic carbocycles. The van der Waals surface area contributed by atoms with Gasteiger partial charge in [0, 0.05) is 0 Å². The van der Waals surface area contributed by atoms with Gasteiger partial charge in [0.15, 0.2) is 0 Å². The molecule has 0 spiro atoms. The Labute approximate surface area is 315 Å². The zero-order valence-electron chi connectivity index (χ0n) is 33.0. The molecule has 0 aromatic heterocycles. The molecule has 0 unspecified atom stereocenters. The van der Waals surface area contributed by atoms with Gasteiger partial charge in [-0.05, 0) is 51.3 Å². The van der Waals surface area contributed by atoms with Crippen molar-refractivity contribution in [1.29, 1.82) is 0 Å². The Morgan fingerprint density at radius 2 is 1.19 bits per heavy atom. The van der Waals surface area contributed by atoms with Crippen molar-refractivity contribution in [3.63, 3.8) is 0 Å². The van der Waals surface area contributed by atoms with Gasteiger partial charge < -0.3 is 14.5 Å². The summed E-state index contributed by atoms with van der Waals surface area (Å²) in [4.78, 5) is 4.12. The summed E-state index contributed by atoms with van der Waals surface area (Å²) in [5, 5.41) is 3.15. The fraction of sp³-hybridized carbons (Fsp3) is 0.419. The van der Waals surface area contributed by atoms with Gasteiger partial charge in [0.05, 0.1) is 15.2 Å². The van der Waals surface area contributed by atoms with Crippen molar-refractivity contribution >= 4 is 29.8 Å². The fourth-order valence-electron chi connectivity index (χ4n) is 6.86. The summed E-state index contributed by atoms with van der Waals surface area (Å²) < 4.78 is 6.14. The third-order valence-corrected chi connectivity index (χ3v) is 15.4. The van der Waals surface area contributed by atoms with Crippen LogP contribution in [-0.2, 0) is 31.3 Å². The van der Waals surface area contributed by atoms with Crippen molar-refractivity contribution in [2.45, 2.75) is 86.7 Å². The molecule has 258 valence electrons. The van der Waals surface area contributed by atoms with E-state index in [0.29, 0.717) is 0 Å². The van der Waals surface area contributed by atoms with Gasteiger partial charge in [-0.15, -0.1) is 12.1 Å². The van der Waals surface area contributed by atoms with Crippen LogP contribution in [0, 0.1) is 48.5 Å². The largest absolute Gasteiger partial charge is 3.00 e. The number of hydrogen-bond acceptors (Lipinski definition) is 3. The number of hydrogen-bond donors (Lipinski definition) is 0. The topological polar surface area (TPSA) is 15.7 Å². The number of rotatable bonds is 7. The molecule has 3 nitrogen and oxygen atoms in total. The normalized spacial score (nSPS) is 11.0. The van der Waals surface area contributed by atoms with Crippen LogP contribution in [0.4, 0.5) is 11.4 Å². The molecule has 5 heteroatoms. The summed E-state index contributed by atoms with van der Waals surface area (Å²) in [6.45, 7) is 31.0. The molecule has 0 aliphatic heterocycles. The Kier molecular flexibility index (Phi) is 16.5. The quantitative estimate of drug-likeness (QED) is 0.141. The van der Waals surface area contributed by atoms with Crippen molar-refractivity contribution in [3.05, 3.63) is 119 Å². The van der Waals surface area contributed by atoms with E-state index < -0.39 is 8.07 Å². The van der Waals surface area contributed by atoms with Gasteiger partial charge in [-0.2, -0.15) is 64.5 Å². The smallest absolute Gasteiger partial charge is 0.497 e. The third-order valence-electron chi connectivity index (χ3n) is 9.83. The standard InChI is InChI=1S/C25H39OSi.2C9H12N.Sc/c1-12-27(13-2,24-19(6)17(4)18(5)20(24)7)22-15-16(3)14-21(23(22)26-11)25(8,9)10;2*1-8-6-4-5-7-9(8)10(2)3;/h14-15H,12-13H2,1-11H3;2*4-7H,1H2,2-3H3;/q3*-1;+3. The number of methoxy groups -OCH3 is 1. The number of benzene rings is 3. The second kappa shape index (κ2) is 18.3. The second-order valence-electron chi connectivity index (χ2n) is 14.4. The summed E-state index contributed by atoms with van der Waals surface area (Å²) in [6.07, 6.45) is 0. The van der Waals surface area contributed by atoms with Crippen molar-refractivity contribution in [3.8, 4) is 5.75 Å². The summed E-state index contributed by atoms with van der Waals surface area (Å²) >= 11 is 0. The maximum Gasteiger partial charge on any atom is 3.00 e. The van der Waals surface area contributed by atoms with Crippen LogP contribution in [0.3, 0.4) is 0 Å². The molecule has 0 saturated heterocycles. The molecule has 4 aromatic rings. The van der Waals surface area contributed by atoms with Gasteiger partial charge in [0.2, 0.25) is 0 Å². The summed E-state index contributed by atoms with van der Waals surface area (Å²) in [5.41, 5.74) is 13.3. The predicted molar refractivity (Wildman–Crippen MR) is 214 cm³/mol. The van der Waals surface area contributed by atoms with Crippen molar-refractivity contribution in [2.24, 2.45) is 0 Å². The Morgan fingerprint density at radius 3 is 1.48 bits per heavy atom. The predicted octanol–water partition coefficient (Wildman–Crippen LogP) is 9.72. The third kappa shape index (κ3) is 9.69. The van der Waals surface area contributed by atoms with Gasteiger partial charge in [-0.3, -0.25) is 0 Å². The van der Waals surface area contributed by atoms with E-state index >= 15 is 0 Å². The van der Waals surface area contributed by atoms with Gasteiger partial charge in [0.25, 0.3) is 0 Å². The average Bonchev–Trinajstić information content (AvgIpc) is 3.21. The van der Waals surface area contributed by atoms with Crippen LogP contribution in [0.2, 0.25) is 12.1 Å². The van der Waals surface area contributed by atoms with E-state index in [9.17, 15) is 0 Å². The van der Waals surface area contributed by atoms with Crippen LogP contribution in [0.25, 0.3) is 0 Å². The van der Waals surface area contributed by atoms with Crippen molar-refractivity contribution in [1.82, 2.24) is 0 Å². The summed E-state index contributed by atoms with van der Waals surface area (Å²) in [7, 11) is 8.00. The van der Waals surface area contributed by atoms with Gasteiger partial charge in [-0.1, -0.05) is 128 Å². The van der Waals surface area contributed by atoms with E-state index in [1.807, 2.05) is 71.7 Å². The van der Waals surface area contributed by atoms with Crippen LogP contribution >= 0.6 is 0 Å². The molecule has 0 aliphatic rings. The Balaban J connectivity index is 0.000000446. The van der Waals surface area contributed by atoms with Crippen LogP contribution in [0.1, 0.15) is 79.1 Å². The molecule has 0 amide bonds. The molecule has 0 radical (unpaired) electrons. The zero-order chi connectivity index (χ0) is 35.9. The fourth-order valence-corrected chi connectivity index (χ4v) is 12.1. The minimum Gasteiger partial charge on any atom is -0.497 e. The Bertz CT molecular complexity index is 1530. The molecule has 0 fully saturated rings. The SMILES string of the molecule is CC[Si](CC)(c1cc(C)cc(C(C)(C)C)c1OC)c1c(C)c(C)c(C)[c-]1C.[CH2-]c1ccccc1N(C)C.[CH2-]c1ccccc1N(C)C.[Sc+3]. The van der Waals surface area contributed by atoms with Crippen LogP contribution in [-0.4, -0.2) is 43.4 Å². The average molecular weight is 697 g/mol. The molecule has 48 heavy (non-hydrogen) atoms. The number of ether oxygens (including phenoxy) is 1. The van der Waals surface area contributed by atoms with E-state index in [2.05, 4.69) is 117 Å². The maximum absolute atomic E-state index is 6.14. The van der Waals surface area contributed by atoms with E-state index in [0.717, 1.165) is 16.9 Å². The first-order valence-electron chi connectivity index (χ1n) is 17.0. The minimum absolute atomic E-state index is 0. The van der Waals surface area contributed by atoms with Crippen LogP contribution in [0.15, 0.2) is 60.7 Å². The molecular formula is C43H63N2OScSi. The monoisotopic (exact) mass is 696 g/mol. The number of nitrogens with zero attached hydrogens (tertiary/aromatic N) is 2. The Morgan fingerprint density at radius 1 is 0.750 bits per heavy atom. The second-order valence-corrected chi connectivity index (χ2v) is 19.0. The van der Waals surface area contributed by atoms with Gasteiger partial charge in [0.1, 0.15) is 5.75 Å². The van der Waals surface area contributed by atoms with Crippen LogP contribution < -0.4 is 24.9 Å². The van der Waals surface area contributed by atoms with Crippen molar-refractivity contribution in [2.75, 3.05) is 45.1 Å². The van der Waals surface area contributed by atoms with Gasteiger partial charge >= 0.3 is 25.8 Å². The number of aryl methyl sites for hydroxylation is 1. The van der Waals surface area contributed by atoms with Crippen LogP contribution in [0.5, 0.6) is 5.75 Å². The van der Waals surface area contributed by atoms with E-state index in [1.165, 1.54) is 62.0 Å². The molecule has 0 atom stereocenters. The molecule has 0 aliphatic carbocycles. The van der Waals surface area contributed by atoms with E-state index in [4.69, 9.17) is 4.74 Å². The molecule has 0 heterocycles. The first kappa shape index (κ1) is 43.3. The molecular weight excluding hydrogens is 634 g/mol. The van der Waals surface area contributed by atoms with Gasteiger partial charge in [-0.25, -0.2) is 0 Å². The van der Waals surface area contributed by atoms with Crippen molar-refractivity contribution < 1.29 is 30.6 Å². The molecule has 0 saturated carbocycles. The summed E-state index contributed by atoms with van der Waals surface area (Å²) in [6, 6.07) is 23.3. The molecule has 4 rings (SSSR count). The number of para-hydroxylation sites is 2. The first-order chi connectivity index (χ1) is 21.9. The summed E-state index contributed by atoms with van der Waals surface area (Å²) in [5.74, 6) is 1.14. The van der Waals surface area contributed by atoms with E-state index in [1.54, 1.807) is 5.19 Å². The maximum atomic E-state index is 6.14. The minimum atomic E-state index is -1.93. The zero-order valence-corrected chi connectivity index (χ0v) is 35.8.